The number of rotatable bonds is 16. The second-order valence-electron chi connectivity index (χ2n) is 9.88. The zero-order valence-corrected chi connectivity index (χ0v) is 20.0. The SMILES string of the molecule is CC(CC=O)(CCCCCCCCCC(C)(CC(O)O)c1ccccc1)c1ccccc1. The highest BCUT2D eigenvalue weighted by Crippen LogP contribution is 2.35. The number of hydrogen-bond acceptors (Lipinski definition) is 3. The number of unbranched alkanes of at least 4 members (excludes halogenated alkanes) is 6. The van der Waals surface area contributed by atoms with Gasteiger partial charge in [0.05, 0.1) is 0 Å². The first-order chi connectivity index (χ1) is 15.4. The molecule has 0 aromatic heterocycles. The second kappa shape index (κ2) is 13.5. The third-order valence-corrected chi connectivity index (χ3v) is 7.07. The van der Waals surface area contributed by atoms with Crippen LogP contribution in [0.15, 0.2) is 60.7 Å². The fourth-order valence-electron chi connectivity index (χ4n) is 4.91. The lowest BCUT2D eigenvalue weighted by molar-refractivity contribution is -0.108. The molecule has 0 aliphatic heterocycles. The van der Waals surface area contributed by atoms with E-state index in [4.69, 9.17) is 0 Å². The molecule has 0 amide bonds. The number of aliphatic hydroxyl groups excluding tert-OH is 1. The van der Waals surface area contributed by atoms with Crippen molar-refractivity contribution in [2.45, 2.75) is 102 Å². The molecule has 0 spiro atoms. The van der Waals surface area contributed by atoms with Gasteiger partial charge < -0.3 is 15.0 Å². The minimum atomic E-state index is -1.28. The average molecular weight is 439 g/mol. The van der Waals surface area contributed by atoms with E-state index in [-0.39, 0.29) is 10.8 Å². The summed E-state index contributed by atoms with van der Waals surface area (Å²) in [6.07, 6.45) is 11.1. The number of aldehydes is 1. The van der Waals surface area contributed by atoms with Crippen LogP contribution < -0.4 is 0 Å². The Kier molecular flexibility index (Phi) is 11.1. The molecule has 2 atom stereocenters. The van der Waals surface area contributed by atoms with Crippen molar-refractivity contribution in [3.8, 4) is 0 Å². The lowest BCUT2D eigenvalue weighted by Gasteiger charge is -2.31. The molecule has 0 radical (unpaired) electrons. The van der Waals surface area contributed by atoms with E-state index in [0.29, 0.717) is 12.8 Å². The van der Waals surface area contributed by atoms with E-state index in [2.05, 4.69) is 50.2 Å². The summed E-state index contributed by atoms with van der Waals surface area (Å²) in [5, 5.41) is 19.1. The van der Waals surface area contributed by atoms with Gasteiger partial charge in [0.1, 0.15) is 6.29 Å². The van der Waals surface area contributed by atoms with Gasteiger partial charge in [-0.05, 0) is 34.8 Å². The molecular formula is C29H42O3. The summed E-state index contributed by atoms with van der Waals surface area (Å²) >= 11 is 0. The Morgan fingerprint density at radius 3 is 1.53 bits per heavy atom. The maximum absolute atomic E-state index is 11.2. The number of hydrogen-bond donors (Lipinski definition) is 2. The minimum Gasteiger partial charge on any atom is -0.368 e. The van der Waals surface area contributed by atoms with Gasteiger partial charge in [-0.3, -0.25) is 0 Å². The summed E-state index contributed by atoms with van der Waals surface area (Å²) in [6, 6.07) is 20.7. The monoisotopic (exact) mass is 438 g/mol. The van der Waals surface area contributed by atoms with E-state index in [1.165, 1.54) is 43.2 Å². The molecule has 0 aliphatic carbocycles. The lowest BCUT2D eigenvalue weighted by Crippen LogP contribution is -2.28. The van der Waals surface area contributed by atoms with Crippen LogP contribution in [-0.2, 0) is 15.6 Å². The fourth-order valence-corrected chi connectivity index (χ4v) is 4.91. The van der Waals surface area contributed by atoms with Crippen LogP contribution in [0.5, 0.6) is 0 Å². The summed E-state index contributed by atoms with van der Waals surface area (Å²) in [5.74, 6) is 0. The van der Waals surface area contributed by atoms with E-state index >= 15 is 0 Å². The summed E-state index contributed by atoms with van der Waals surface area (Å²) in [6.45, 7) is 4.36. The van der Waals surface area contributed by atoms with Crippen LogP contribution in [0.2, 0.25) is 0 Å². The van der Waals surface area contributed by atoms with Crippen molar-refractivity contribution in [2.75, 3.05) is 0 Å². The molecule has 0 aliphatic rings. The summed E-state index contributed by atoms with van der Waals surface area (Å²) in [4.78, 5) is 11.2. The van der Waals surface area contributed by atoms with Crippen LogP contribution in [0.1, 0.15) is 95.6 Å². The van der Waals surface area contributed by atoms with Crippen molar-refractivity contribution in [1.82, 2.24) is 0 Å². The lowest BCUT2D eigenvalue weighted by atomic mass is 9.75. The predicted molar refractivity (Wildman–Crippen MR) is 133 cm³/mol. The first-order valence-electron chi connectivity index (χ1n) is 12.3. The highest BCUT2D eigenvalue weighted by atomic mass is 16.5. The molecule has 2 aromatic carbocycles. The third kappa shape index (κ3) is 8.52. The normalized spacial score (nSPS) is 15.3. The smallest absolute Gasteiger partial charge is 0.152 e. The van der Waals surface area contributed by atoms with Gasteiger partial charge in [0.15, 0.2) is 6.29 Å². The first-order valence-corrected chi connectivity index (χ1v) is 12.3. The van der Waals surface area contributed by atoms with Gasteiger partial charge in [0.25, 0.3) is 0 Å². The Bertz CT molecular complexity index is 758. The highest BCUT2D eigenvalue weighted by Gasteiger charge is 2.28. The van der Waals surface area contributed by atoms with Gasteiger partial charge in [-0.1, -0.05) is 119 Å². The molecular weight excluding hydrogens is 396 g/mol. The Morgan fingerprint density at radius 1 is 0.688 bits per heavy atom. The quantitative estimate of drug-likeness (QED) is 0.174. The molecule has 2 rings (SSSR count). The maximum Gasteiger partial charge on any atom is 0.152 e. The van der Waals surface area contributed by atoms with Crippen molar-refractivity contribution in [1.29, 1.82) is 0 Å². The second-order valence-corrected chi connectivity index (χ2v) is 9.88. The van der Waals surface area contributed by atoms with Crippen LogP contribution >= 0.6 is 0 Å². The van der Waals surface area contributed by atoms with E-state index in [0.717, 1.165) is 32.0 Å². The number of carbonyl (C=O) groups excluding carboxylic acids is 1. The van der Waals surface area contributed by atoms with Crippen LogP contribution in [0.4, 0.5) is 0 Å². The maximum atomic E-state index is 11.2. The van der Waals surface area contributed by atoms with E-state index < -0.39 is 6.29 Å². The number of aliphatic hydroxyl groups is 2. The molecule has 2 unspecified atom stereocenters. The molecule has 176 valence electrons. The zero-order valence-electron chi connectivity index (χ0n) is 20.0. The summed E-state index contributed by atoms with van der Waals surface area (Å²) in [7, 11) is 0. The molecule has 32 heavy (non-hydrogen) atoms. The van der Waals surface area contributed by atoms with Gasteiger partial charge in [-0.25, -0.2) is 0 Å². The Morgan fingerprint density at radius 2 is 1.09 bits per heavy atom. The molecule has 3 nitrogen and oxygen atoms in total. The van der Waals surface area contributed by atoms with Gasteiger partial charge in [-0.15, -0.1) is 0 Å². The molecule has 0 heterocycles. The van der Waals surface area contributed by atoms with Crippen LogP contribution in [-0.4, -0.2) is 22.8 Å². The van der Waals surface area contributed by atoms with Gasteiger partial charge in [-0.2, -0.15) is 0 Å². The molecule has 2 aromatic rings. The predicted octanol–water partition coefficient (Wildman–Crippen LogP) is 6.70. The molecule has 0 bridgehead atoms. The highest BCUT2D eigenvalue weighted by molar-refractivity contribution is 5.53. The zero-order chi connectivity index (χ0) is 23.3. The number of carbonyl (C=O) groups is 1. The van der Waals surface area contributed by atoms with Crippen molar-refractivity contribution < 1.29 is 15.0 Å². The van der Waals surface area contributed by atoms with Crippen molar-refractivity contribution in [3.63, 3.8) is 0 Å². The number of benzene rings is 2. The topological polar surface area (TPSA) is 57.5 Å². The fraction of sp³-hybridized carbons (Fsp3) is 0.552. The van der Waals surface area contributed by atoms with Crippen LogP contribution in [0.25, 0.3) is 0 Å². The molecule has 0 fully saturated rings. The van der Waals surface area contributed by atoms with Gasteiger partial charge in [0.2, 0.25) is 0 Å². The van der Waals surface area contributed by atoms with E-state index in [9.17, 15) is 15.0 Å². The molecule has 0 saturated carbocycles. The molecule has 0 saturated heterocycles. The third-order valence-electron chi connectivity index (χ3n) is 7.07. The van der Waals surface area contributed by atoms with Gasteiger partial charge >= 0.3 is 0 Å². The van der Waals surface area contributed by atoms with E-state index in [1.54, 1.807) is 0 Å². The summed E-state index contributed by atoms with van der Waals surface area (Å²) < 4.78 is 0. The molecule has 2 N–H and O–H groups in total. The Balaban J connectivity index is 1.67. The van der Waals surface area contributed by atoms with Crippen molar-refractivity contribution in [2.24, 2.45) is 0 Å². The molecule has 3 heteroatoms. The van der Waals surface area contributed by atoms with Crippen LogP contribution in [0.3, 0.4) is 0 Å². The standard InChI is InChI=1S/C29H42O3/c1-28(22-23-30,25-16-10-8-11-17-25)20-14-6-4-3-5-7-15-21-29(2,24-27(31)32)26-18-12-9-13-19-26/h8-13,16-19,23,27,31-32H,3-7,14-15,20-22,24H2,1-2H3. The van der Waals surface area contributed by atoms with E-state index in [1.807, 2.05) is 24.3 Å². The summed E-state index contributed by atoms with van der Waals surface area (Å²) in [5.41, 5.74) is 2.20. The van der Waals surface area contributed by atoms with Crippen molar-refractivity contribution >= 4 is 6.29 Å². The first kappa shape index (κ1) is 26.3. The average Bonchev–Trinajstić information content (AvgIpc) is 2.79. The Hall–Kier alpha value is -1.97. The largest absolute Gasteiger partial charge is 0.368 e. The van der Waals surface area contributed by atoms with Crippen LogP contribution in [0, 0.1) is 0 Å². The van der Waals surface area contributed by atoms with Crippen molar-refractivity contribution in [3.05, 3.63) is 71.8 Å². The van der Waals surface area contributed by atoms with Gasteiger partial charge in [0, 0.05) is 12.8 Å². The Labute approximate surface area is 194 Å². The minimum absolute atomic E-state index is 0.0534.